The Morgan fingerprint density at radius 2 is 1.79 bits per heavy atom. The van der Waals surface area contributed by atoms with Crippen molar-refractivity contribution in [2.45, 2.75) is 50.9 Å². The standard InChI is InChI=1S/C28H34N4O10/c1-27(2,3)42-26(40)30-10-15(33)31-14-7-6-11-8-12-9-13-19(32(4)5)22(36)18(25(29)39)24(38)28(13,41)23(37)17(12)21(35)16(11)20(14)34/h6-7,12-13,19,34,36-37,41H,8-10H2,1-5H3,(H2,29,39)(H,30,40)(H,31,33)/t12?,13?,19-,28?/m0/s1. The molecule has 0 saturated heterocycles. The molecule has 0 bridgehead atoms. The number of anilines is 1. The van der Waals surface area contributed by atoms with Gasteiger partial charge in [-0.3, -0.25) is 24.1 Å². The number of ether oxygens (including phenoxy) is 1. The number of amides is 3. The first-order valence-electron chi connectivity index (χ1n) is 13.2. The molecule has 3 aliphatic rings. The molecule has 0 fully saturated rings. The molecule has 42 heavy (non-hydrogen) atoms. The molecule has 4 atom stereocenters. The molecule has 8 N–H and O–H groups in total. The normalized spacial score (nSPS) is 25.5. The van der Waals surface area contributed by atoms with E-state index in [-0.39, 0.29) is 29.7 Å². The maximum Gasteiger partial charge on any atom is 0.408 e. The molecule has 0 spiro atoms. The van der Waals surface area contributed by atoms with E-state index >= 15 is 0 Å². The number of phenols is 1. The number of nitrogens with two attached hydrogens (primary N) is 1. The van der Waals surface area contributed by atoms with E-state index in [0.717, 1.165) is 0 Å². The summed E-state index contributed by atoms with van der Waals surface area (Å²) in [6, 6.07) is 1.80. The minimum Gasteiger partial charge on any atom is -0.510 e. The van der Waals surface area contributed by atoms with E-state index in [2.05, 4.69) is 10.6 Å². The SMILES string of the molecule is CN(C)[C@@H]1C(O)=C(C(N)=O)C(=O)C2(O)C(O)=C3C(=O)c4c(ccc(NC(=O)CNC(=O)OC(C)(C)C)c4O)CC3CC12. The lowest BCUT2D eigenvalue weighted by atomic mass is 9.58. The van der Waals surface area contributed by atoms with Crippen molar-refractivity contribution < 1.29 is 49.1 Å². The Labute approximate surface area is 240 Å². The smallest absolute Gasteiger partial charge is 0.408 e. The van der Waals surface area contributed by atoms with Crippen LogP contribution in [0.25, 0.3) is 0 Å². The number of carbonyl (C=O) groups is 5. The van der Waals surface area contributed by atoms with Gasteiger partial charge in [0.15, 0.2) is 17.1 Å². The lowest BCUT2D eigenvalue weighted by Crippen LogP contribution is -2.63. The number of allylic oxidation sites excluding steroid dienone is 1. The van der Waals surface area contributed by atoms with Gasteiger partial charge in [-0.2, -0.15) is 0 Å². The van der Waals surface area contributed by atoms with E-state index in [1.807, 2.05) is 0 Å². The molecule has 3 unspecified atom stereocenters. The zero-order valence-electron chi connectivity index (χ0n) is 23.8. The zero-order chi connectivity index (χ0) is 31.5. The number of phenolic OH excluding ortho intramolecular Hbond substituents is 1. The highest BCUT2D eigenvalue weighted by molar-refractivity contribution is 6.25. The summed E-state index contributed by atoms with van der Waals surface area (Å²) in [7, 11) is 3.09. The molecule has 226 valence electrons. The third-order valence-electron chi connectivity index (χ3n) is 7.66. The summed E-state index contributed by atoms with van der Waals surface area (Å²) in [5.41, 5.74) is 0.558. The van der Waals surface area contributed by atoms with E-state index in [1.54, 1.807) is 34.9 Å². The van der Waals surface area contributed by atoms with Crippen LogP contribution in [0.15, 0.2) is 34.8 Å². The van der Waals surface area contributed by atoms with Crippen molar-refractivity contribution in [3.63, 3.8) is 0 Å². The number of primary amides is 1. The average Bonchev–Trinajstić information content (AvgIpc) is 2.85. The summed E-state index contributed by atoms with van der Waals surface area (Å²) in [4.78, 5) is 64.9. The highest BCUT2D eigenvalue weighted by Gasteiger charge is 2.63. The van der Waals surface area contributed by atoms with E-state index in [1.165, 1.54) is 17.0 Å². The van der Waals surface area contributed by atoms with Crippen LogP contribution in [-0.2, 0) is 25.5 Å². The first-order chi connectivity index (χ1) is 19.4. The second-order valence-corrected chi connectivity index (χ2v) is 11.9. The number of hydrogen-bond acceptors (Lipinski definition) is 11. The molecule has 1 aromatic carbocycles. The van der Waals surface area contributed by atoms with E-state index in [9.17, 15) is 44.4 Å². The fraction of sp³-hybridized carbons (Fsp3) is 0.464. The average molecular weight is 587 g/mol. The summed E-state index contributed by atoms with van der Waals surface area (Å²) < 4.78 is 5.07. The van der Waals surface area contributed by atoms with Crippen molar-refractivity contribution in [3.8, 4) is 5.75 Å². The van der Waals surface area contributed by atoms with Crippen LogP contribution < -0.4 is 16.4 Å². The summed E-state index contributed by atoms with van der Waals surface area (Å²) in [5.74, 6) is -8.37. The minimum absolute atomic E-state index is 0.0403. The van der Waals surface area contributed by atoms with Gasteiger partial charge in [0.2, 0.25) is 11.7 Å². The molecule has 4 rings (SSSR count). The Morgan fingerprint density at radius 1 is 1.14 bits per heavy atom. The van der Waals surface area contributed by atoms with Crippen molar-refractivity contribution in [2.75, 3.05) is 26.0 Å². The number of rotatable bonds is 5. The fourth-order valence-electron chi connectivity index (χ4n) is 5.99. The number of benzene rings is 1. The monoisotopic (exact) mass is 586 g/mol. The van der Waals surface area contributed by atoms with Crippen LogP contribution in [0.1, 0.15) is 43.1 Å². The minimum atomic E-state index is -2.75. The van der Waals surface area contributed by atoms with Crippen LogP contribution in [-0.4, -0.2) is 92.7 Å². The van der Waals surface area contributed by atoms with Gasteiger partial charge in [-0.15, -0.1) is 0 Å². The molecular formula is C28H34N4O10. The van der Waals surface area contributed by atoms with Crippen LogP contribution in [0.4, 0.5) is 10.5 Å². The number of hydrogen-bond donors (Lipinski definition) is 7. The van der Waals surface area contributed by atoms with Gasteiger partial charge in [-0.05, 0) is 65.3 Å². The number of nitrogens with one attached hydrogen (secondary N) is 2. The second kappa shape index (κ2) is 10.4. The third kappa shape index (κ3) is 4.96. The summed E-state index contributed by atoms with van der Waals surface area (Å²) in [6.45, 7) is 4.46. The molecular weight excluding hydrogens is 552 g/mol. The number of nitrogens with zero attached hydrogens (tertiary/aromatic N) is 1. The van der Waals surface area contributed by atoms with E-state index in [4.69, 9.17) is 10.5 Å². The largest absolute Gasteiger partial charge is 0.510 e. The number of carbonyl (C=O) groups excluding carboxylic acids is 5. The Balaban J connectivity index is 1.69. The van der Waals surface area contributed by atoms with Crippen LogP contribution in [0.5, 0.6) is 5.75 Å². The van der Waals surface area contributed by atoms with Crippen LogP contribution >= 0.6 is 0 Å². The molecule has 3 aliphatic carbocycles. The number of aromatic hydroxyl groups is 1. The summed E-state index contributed by atoms with van der Waals surface area (Å²) >= 11 is 0. The summed E-state index contributed by atoms with van der Waals surface area (Å²) in [5, 5.41) is 49.4. The van der Waals surface area contributed by atoms with Gasteiger partial charge >= 0.3 is 6.09 Å². The lowest BCUT2D eigenvalue weighted by molar-refractivity contribution is -0.148. The molecule has 0 radical (unpaired) electrons. The van der Waals surface area contributed by atoms with Gasteiger partial charge in [0, 0.05) is 11.5 Å². The van der Waals surface area contributed by atoms with E-state index < -0.39 is 87.9 Å². The molecule has 0 saturated carbocycles. The van der Waals surface area contributed by atoms with Crippen molar-refractivity contribution in [3.05, 3.63) is 45.9 Å². The van der Waals surface area contributed by atoms with Crippen molar-refractivity contribution in [2.24, 2.45) is 17.6 Å². The van der Waals surface area contributed by atoms with Crippen molar-refractivity contribution >= 4 is 35.2 Å². The third-order valence-corrected chi connectivity index (χ3v) is 7.66. The Bertz CT molecular complexity index is 1470. The highest BCUT2D eigenvalue weighted by atomic mass is 16.6. The maximum atomic E-state index is 13.7. The van der Waals surface area contributed by atoms with Crippen molar-refractivity contribution in [1.29, 1.82) is 0 Å². The lowest BCUT2D eigenvalue weighted by Gasteiger charge is -2.50. The Morgan fingerprint density at radius 3 is 2.36 bits per heavy atom. The number of fused-ring (bicyclic) bond motifs is 3. The highest BCUT2D eigenvalue weighted by Crippen LogP contribution is 2.52. The van der Waals surface area contributed by atoms with Gasteiger partial charge in [0.1, 0.15) is 29.2 Å². The van der Waals surface area contributed by atoms with Gasteiger partial charge in [-0.25, -0.2) is 4.79 Å². The predicted molar refractivity (Wildman–Crippen MR) is 147 cm³/mol. The molecule has 14 nitrogen and oxygen atoms in total. The number of aliphatic hydroxyl groups excluding tert-OH is 2. The number of likely N-dealkylation sites (N-methyl/N-ethyl adjacent to an activating group) is 1. The Kier molecular flexibility index (Phi) is 7.59. The van der Waals surface area contributed by atoms with Gasteiger partial charge in [0.25, 0.3) is 5.91 Å². The van der Waals surface area contributed by atoms with Crippen LogP contribution in [0.3, 0.4) is 0 Å². The Hall–Kier alpha value is -4.43. The topological polar surface area (TPSA) is 229 Å². The second-order valence-electron chi connectivity index (χ2n) is 11.9. The van der Waals surface area contributed by atoms with Gasteiger partial charge in [0.05, 0.1) is 17.3 Å². The van der Waals surface area contributed by atoms with Gasteiger partial charge in [-0.1, -0.05) is 6.07 Å². The molecule has 0 aromatic heterocycles. The fourth-order valence-corrected chi connectivity index (χ4v) is 5.99. The number of aliphatic hydroxyl groups is 3. The molecule has 1 aromatic rings. The molecule has 0 aliphatic heterocycles. The van der Waals surface area contributed by atoms with Crippen molar-refractivity contribution in [1.82, 2.24) is 10.2 Å². The van der Waals surface area contributed by atoms with Crippen LogP contribution in [0, 0.1) is 11.8 Å². The molecule has 14 heteroatoms. The van der Waals surface area contributed by atoms with Crippen LogP contribution in [0.2, 0.25) is 0 Å². The first-order valence-corrected chi connectivity index (χ1v) is 13.2. The number of Topliss-reactive ketones (excluding diaryl/α,β-unsaturated/α-hetero) is 2. The van der Waals surface area contributed by atoms with Gasteiger partial charge < -0.3 is 41.5 Å². The number of ketones is 2. The van der Waals surface area contributed by atoms with E-state index in [0.29, 0.717) is 5.56 Å². The predicted octanol–water partition coefficient (Wildman–Crippen LogP) is 0.584. The maximum absolute atomic E-state index is 13.7. The zero-order valence-corrected chi connectivity index (χ0v) is 23.8. The molecule has 3 amide bonds. The molecule has 0 heterocycles. The quantitative estimate of drug-likeness (QED) is 0.186. The first kappa shape index (κ1) is 30.5. The summed E-state index contributed by atoms with van der Waals surface area (Å²) in [6.07, 6.45) is -0.765. The number of alkyl carbamates (subject to hydrolysis) is 1.